The van der Waals surface area contributed by atoms with Crippen LogP contribution in [0.4, 0.5) is 68.2 Å². The maximum absolute atomic E-state index is 2.65. The fourth-order valence-electron chi connectivity index (χ4n) is 16.0. The zero-order valence-corrected chi connectivity index (χ0v) is 50.8. The van der Waals surface area contributed by atoms with E-state index < -0.39 is 0 Å². The summed E-state index contributed by atoms with van der Waals surface area (Å²) in [6.07, 6.45) is 0. The van der Waals surface area contributed by atoms with Crippen LogP contribution in [0.1, 0.15) is 26.3 Å². The minimum absolute atomic E-state index is 0.0876. The monoisotopic (exact) mass is 1160 g/mol. The van der Waals surface area contributed by atoms with Crippen LogP contribution in [0.5, 0.6) is 0 Å². The summed E-state index contributed by atoms with van der Waals surface area (Å²) in [6.45, 7) is 6.83. The van der Waals surface area contributed by atoms with Gasteiger partial charge in [0.05, 0.1) is 16.7 Å². The highest BCUT2D eigenvalue weighted by Gasteiger charge is 2.49. The van der Waals surface area contributed by atoms with E-state index in [9.17, 15) is 0 Å². The molecule has 4 aliphatic heterocycles. The smallest absolute Gasteiger partial charge is 0.252 e. The number of nitrogens with zero attached hydrogens (tertiary/aromatic N) is 5. The van der Waals surface area contributed by atoms with Crippen LogP contribution >= 0.6 is 0 Å². The van der Waals surface area contributed by atoms with E-state index in [1.807, 2.05) is 0 Å². The van der Waals surface area contributed by atoms with Gasteiger partial charge in [0, 0.05) is 84.4 Å². The molecule has 0 amide bonds. The highest BCUT2D eigenvalue weighted by Crippen LogP contribution is 2.51. The lowest BCUT2D eigenvalue weighted by atomic mass is 9.30. The minimum Gasteiger partial charge on any atom is -0.311 e. The van der Waals surface area contributed by atoms with Crippen LogP contribution < -0.4 is 52.4 Å². The average molecular weight is 1160 g/mol. The molecule has 7 heteroatoms. The van der Waals surface area contributed by atoms with E-state index in [-0.39, 0.29) is 18.8 Å². The van der Waals surface area contributed by atoms with Crippen LogP contribution in [0.3, 0.4) is 0 Å². The Balaban J connectivity index is 0.928. The normalized spacial score (nSPS) is 13.5. The SMILES string of the molecule is CC(C)(C)c1cc2c3c(c1)N(c1ccccc1)c1cc4c(cc1B3c1ccccc1N2c1ccccc1)B1c2ccccc2N(c2ccccc2)c2cc(-n3c5ccc(-c6ccc7ccccc7c6)cc5c5ccc6ccccc6c53)cc(c21)N4c1ccccc1. The predicted molar refractivity (Wildman–Crippen MR) is 388 cm³/mol. The van der Waals surface area contributed by atoms with Crippen LogP contribution in [0.25, 0.3) is 60.2 Å². The second-order valence-corrected chi connectivity index (χ2v) is 26.0. The molecule has 0 bridgehead atoms. The van der Waals surface area contributed by atoms with Gasteiger partial charge in [-0.1, -0.05) is 215 Å². The Kier molecular flexibility index (Phi) is 11.2. The van der Waals surface area contributed by atoms with Crippen LogP contribution in [0.15, 0.2) is 303 Å². The lowest BCUT2D eigenvalue weighted by Crippen LogP contribution is -2.65. The van der Waals surface area contributed by atoms with E-state index in [4.69, 9.17) is 0 Å². The predicted octanol–water partition coefficient (Wildman–Crippen LogP) is 18.2. The summed E-state index contributed by atoms with van der Waals surface area (Å²) in [6, 6.07) is 114. The second kappa shape index (κ2) is 19.6. The molecule has 15 aromatic rings. The van der Waals surface area contributed by atoms with Crippen molar-refractivity contribution < 1.29 is 0 Å². The van der Waals surface area contributed by atoms with Gasteiger partial charge in [-0.2, -0.15) is 0 Å². The van der Waals surface area contributed by atoms with Crippen molar-refractivity contribution in [3.05, 3.63) is 309 Å². The number of rotatable bonds is 6. The standard InChI is InChI=1S/C84H59B2N5/c1-84(2,3)59-48-77-81-78(49-59)89(62-31-12-6-13-32-62)75-53-76-71(52-70(75)85(81)68-36-20-22-38-73(68)87(77)60-27-8-4-9-28-60)86-69-37-21-23-39-74(69)88(61-29-10-5-11-30-61)79-50-64(51-80(82(79)86)90(76)63-33-14-7-15-34-63)91-72-45-43-58(57-41-40-54-24-16-17-26-56(54)46-57)47-67(72)66-44-42-55-25-18-19-35-65(55)83(66)91/h4-53H,1-3H3. The fourth-order valence-corrected chi connectivity index (χ4v) is 16.0. The molecule has 0 saturated carbocycles. The first-order valence-electron chi connectivity index (χ1n) is 31.9. The first-order valence-corrected chi connectivity index (χ1v) is 31.9. The number of hydrogen-bond acceptors (Lipinski definition) is 4. The third-order valence-corrected chi connectivity index (χ3v) is 20.0. The topological polar surface area (TPSA) is 17.9 Å². The highest BCUT2D eigenvalue weighted by atomic mass is 15.2. The molecule has 0 unspecified atom stereocenters. The Morgan fingerprint density at radius 3 is 1.23 bits per heavy atom. The molecular formula is C84H59B2N5. The van der Waals surface area contributed by atoms with Gasteiger partial charge in [-0.25, -0.2) is 0 Å². The Bertz CT molecular complexity index is 5500. The quantitative estimate of drug-likeness (QED) is 0.154. The van der Waals surface area contributed by atoms with Crippen molar-refractivity contribution in [3.8, 4) is 16.8 Å². The summed E-state index contributed by atoms with van der Waals surface area (Å²) in [4.78, 5) is 10.3. The van der Waals surface area contributed by atoms with Gasteiger partial charge in [-0.15, -0.1) is 0 Å². The van der Waals surface area contributed by atoms with Gasteiger partial charge in [-0.3, -0.25) is 0 Å². The van der Waals surface area contributed by atoms with Gasteiger partial charge in [0.1, 0.15) is 0 Å². The number of anilines is 12. The first-order chi connectivity index (χ1) is 44.8. The molecule has 426 valence electrons. The summed E-state index contributed by atoms with van der Waals surface area (Å²) < 4.78 is 2.58. The van der Waals surface area contributed by atoms with E-state index in [1.165, 1.54) is 116 Å². The minimum atomic E-state index is -0.160. The number of benzene rings is 14. The summed E-state index contributed by atoms with van der Waals surface area (Å²) in [5.74, 6) is 0. The third-order valence-electron chi connectivity index (χ3n) is 20.0. The summed E-state index contributed by atoms with van der Waals surface area (Å²) in [5.41, 5.74) is 28.6. The molecule has 0 radical (unpaired) electrons. The van der Waals surface area contributed by atoms with Gasteiger partial charge in [-0.05, 0) is 180 Å². The van der Waals surface area contributed by atoms with Crippen molar-refractivity contribution >= 4 is 158 Å². The molecule has 1 aromatic heterocycles. The molecule has 0 aliphatic carbocycles. The van der Waals surface area contributed by atoms with E-state index in [2.05, 4.69) is 348 Å². The average Bonchev–Trinajstić information content (AvgIpc) is 0.995. The van der Waals surface area contributed by atoms with Crippen LogP contribution in [0, 0.1) is 0 Å². The van der Waals surface area contributed by atoms with Crippen molar-refractivity contribution in [1.29, 1.82) is 0 Å². The molecule has 0 saturated heterocycles. The van der Waals surface area contributed by atoms with Gasteiger partial charge < -0.3 is 24.2 Å². The van der Waals surface area contributed by atoms with Gasteiger partial charge >= 0.3 is 0 Å². The Morgan fingerprint density at radius 2 is 0.692 bits per heavy atom. The molecule has 0 N–H and O–H groups in total. The van der Waals surface area contributed by atoms with Crippen molar-refractivity contribution in [3.63, 3.8) is 0 Å². The van der Waals surface area contributed by atoms with E-state index in [0.29, 0.717) is 0 Å². The number of fused-ring (bicyclic) bond motifs is 14. The van der Waals surface area contributed by atoms with E-state index in [1.54, 1.807) is 0 Å². The largest absolute Gasteiger partial charge is 0.311 e. The van der Waals surface area contributed by atoms with Crippen molar-refractivity contribution in [2.75, 3.05) is 19.6 Å². The maximum Gasteiger partial charge on any atom is 0.252 e. The lowest BCUT2D eigenvalue weighted by molar-refractivity contribution is 0.590. The molecule has 91 heavy (non-hydrogen) atoms. The molecule has 14 aromatic carbocycles. The second-order valence-electron chi connectivity index (χ2n) is 26.0. The number of para-hydroxylation sites is 6. The third kappa shape index (κ3) is 7.68. The van der Waals surface area contributed by atoms with Crippen molar-refractivity contribution in [1.82, 2.24) is 4.57 Å². The first kappa shape index (κ1) is 51.7. The molecule has 5 nitrogen and oxygen atoms in total. The zero-order valence-electron chi connectivity index (χ0n) is 50.8. The molecular weight excluding hydrogens is 1100 g/mol. The van der Waals surface area contributed by atoms with E-state index in [0.717, 1.165) is 51.0 Å². The number of aromatic nitrogens is 1. The van der Waals surface area contributed by atoms with E-state index >= 15 is 0 Å². The van der Waals surface area contributed by atoms with Gasteiger partial charge in [0.25, 0.3) is 13.4 Å². The summed E-state index contributed by atoms with van der Waals surface area (Å²) in [7, 11) is 0. The zero-order chi connectivity index (χ0) is 60.2. The molecule has 5 heterocycles. The fraction of sp³-hybridized carbons (Fsp3) is 0.0476. The van der Waals surface area contributed by atoms with Crippen LogP contribution in [-0.4, -0.2) is 18.0 Å². The van der Waals surface area contributed by atoms with Crippen molar-refractivity contribution in [2.45, 2.75) is 26.2 Å². The summed E-state index contributed by atoms with van der Waals surface area (Å²) in [5, 5.41) is 7.33. The Labute approximate surface area is 530 Å². The maximum atomic E-state index is 2.65. The molecule has 0 spiro atoms. The van der Waals surface area contributed by atoms with Gasteiger partial charge in [0.2, 0.25) is 0 Å². The van der Waals surface area contributed by atoms with Crippen LogP contribution in [-0.2, 0) is 5.41 Å². The highest BCUT2D eigenvalue weighted by molar-refractivity contribution is 7.03. The Hall–Kier alpha value is -11.3. The number of hydrogen-bond donors (Lipinski definition) is 0. The molecule has 4 aliphatic rings. The molecule has 0 atom stereocenters. The van der Waals surface area contributed by atoms with Gasteiger partial charge in [0.15, 0.2) is 0 Å². The molecule has 0 fully saturated rings. The Morgan fingerprint density at radius 1 is 0.264 bits per heavy atom. The van der Waals surface area contributed by atoms with Crippen LogP contribution in [0.2, 0.25) is 0 Å². The van der Waals surface area contributed by atoms with Crippen molar-refractivity contribution in [2.24, 2.45) is 0 Å². The summed E-state index contributed by atoms with van der Waals surface area (Å²) >= 11 is 0. The molecule has 19 rings (SSSR count). The lowest BCUT2D eigenvalue weighted by Gasteiger charge is -2.47.